The maximum atomic E-state index is 4.28. The Kier molecular flexibility index (Phi) is 4.50. The van der Waals surface area contributed by atoms with Gasteiger partial charge in [0.15, 0.2) is 0 Å². The second-order valence-corrected chi connectivity index (χ2v) is 5.28. The first-order chi connectivity index (χ1) is 9.15. The molecule has 0 fully saturated rings. The number of aryl methyl sites for hydroxylation is 1. The molecule has 1 heterocycles. The zero-order chi connectivity index (χ0) is 13.7. The SMILES string of the molecule is Cc1cccc(-c2ccc(NCCC(C)C)nn2)c1. The van der Waals surface area contributed by atoms with Crippen molar-refractivity contribution in [3.63, 3.8) is 0 Å². The van der Waals surface area contributed by atoms with Crippen LogP contribution in [0.1, 0.15) is 25.8 Å². The van der Waals surface area contributed by atoms with E-state index < -0.39 is 0 Å². The molecule has 1 aromatic heterocycles. The summed E-state index contributed by atoms with van der Waals surface area (Å²) in [5, 5.41) is 11.8. The van der Waals surface area contributed by atoms with Gasteiger partial charge in [-0.05, 0) is 37.5 Å². The van der Waals surface area contributed by atoms with Crippen molar-refractivity contribution in [3.05, 3.63) is 42.0 Å². The van der Waals surface area contributed by atoms with Crippen LogP contribution < -0.4 is 5.32 Å². The zero-order valence-electron chi connectivity index (χ0n) is 11.9. The number of aromatic nitrogens is 2. The summed E-state index contributed by atoms with van der Waals surface area (Å²) in [7, 11) is 0. The summed E-state index contributed by atoms with van der Waals surface area (Å²) >= 11 is 0. The quantitative estimate of drug-likeness (QED) is 0.880. The first-order valence-electron chi connectivity index (χ1n) is 6.80. The predicted octanol–water partition coefficient (Wildman–Crippen LogP) is 3.91. The van der Waals surface area contributed by atoms with Crippen LogP contribution in [0.4, 0.5) is 5.82 Å². The third-order valence-corrected chi connectivity index (χ3v) is 3.01. The van der Waals surface area contributed by atoms with E-state index >= 15 is 0 Å². The molecule has 3 nitrogen and oxygen atoms in total. The first-order valence-corrected chi connectivity index (χ1v) is 6.80. The standard InChI is InChI=1S/C16H21N3/c1-12(2)9-10-17-16-8-7-15(18-19-16)14-6-4-5-13(3)11-14/h4-8,11-12H,9-10H2,1-3H3,(H,17,19). The maximum Gasteiger partial charge on any atom is 0.148 e. The Labute approximate surface area is 115 Å². The average molecular weight is 255 g/mol. The Morgan fingerprint density at radius 1 is 1.11 bits per heavy atom. The smallest absolute Gasteiger partial charge is 0.148 e. The van der Waals surface area contributed by atoms with Gasteiger partial charge in [-0.3, -0.25) is 0 Å². The van der Waals surface area contributed by atoms with Crippen molar-refractivity contribution in [3.8, 4) is 11.3 Å². The molecule has 100 valence electrons. The van der Waals surface area contributed by atoms with E-state index in [0.29, 0.717) is 5.92 Å². The highest BCUT2D eigenvalue weighted by atomic mass is 15.2. The van der Waals surface area contributed by atoms with Gasteiger partial charge >= 0.3 is 0 Å². The van der Waals surface area contributed by atoms with Crippen LogP contribution in [-0.4, -0.2) is 16.7 Å². The number of hydrogen-bond acceptors (Lipinski definition) is 3. The lowest BCUT2D eigenvalue weighted by molar-refractivity contribution is 0.606. The summed E-state index contributed by atoms with van der Waals surface area (Å²) in [6.07, 6.45) is 1.14. The fraction of sp³-hybridized carbons (Fsp3) is 0.375. The molecule has 19 heavy (non-hydrogen) atoms. The van der Waals surface area contributed by atoms with Gasteiger partial charge in [0.05, 0.1) is 5.69 Å². The lowest BCUT2D eigenvalue weighted by atomic mass is 10.1. The van der Waals surface area contributed by atoms with Gasteiger partial charge in [0.25, 0.3) is 0 Å². The number of nitrogens with zero attached hydrogens (tertiary/aromatic N) is 2. The van der Waals surface area contributed by atoms with Crippen molar-refractivity contribution in [2.75, 3.05) is 11.9 Å². The minimum absolute atomic E-state index is 0.701. The lowest BCUT2D eigenvalue weighted by Gasteiger charge is -2.07. The molecule has 0 aliphatic carbocycles. The van der Waals surface area contributed by atoms with Crippen molar-refractivity contribution in [1.29, 1.82) is 0 Å². The minimum Gasteiger partial charge on any atom is -0.369 e. The van der Waals surface area contributed by atoms with E-state index in [4.69, 9.17) is 0 Å². The summed E-state index contributed by atoms with van der Waals surface area (Å²) in [4.78, 5) is 0. The van der Waals surface area contributed by atoms with Crippen LogP contribution in [0, 0.1) is 12.8 Å². The molecule has 0 saturated heterocycles. The van der Waals surface area contributed by atoms with Gasteiger partial charge in [-0.1, -0.05) is 37.6 Å². The first kappa shape index (κ1) is 13.5. The fourth-order valence-electron chi connectivity index (χ4n) is 1.87. The Morgan fingerprint density at radius 3 is 2.58 bits per heavy atom. The summed E-state index contributed by atoms with van der Waals surface area (Å²) in [5.74, 6) is 1.55. The van der Waals surface area contributed by atoms with Gasteiger partial charge in [-0.25, -0.2) is 0 Å². The Bertz CT molecular complexity index is 518. The summed E-state index contributed by atoms with van der Waals surface area (Å²) < 4.78 is 0. The van der Waals surface area contributed by atoms with Gasteiger partial charge in [0, 0.05) is 12.1 Å². The minimum atomic E-state index is 0.701. The molecule has 1 aromatic carbocycles. The van der Waals surface area contributed by atoms with Gasteiger partial charge in [0.2, 0.25) is 0 Å². The zero-order valence-corrected chi connectivity index (χ0v) is 11.9. The molecule has 2 rings (SSSR count). The van der Waals surface area contributed by atoms with Crippen LogP contribution >= 0.6 is 0 Å². The third-order valence-electron chi connectivity index (χ3n) is 3.01. The molecule has 2 aromatic rings. The Morgan fingerprint density at radius 2 is 1.95 bits per heavy atom. The number of nitrogens with one attached hydrogen (secondary N) is 1. The monoisotopic (exact) mass is 255 g/mol. The second kappa shape index (κ2) is 6.32. The van der Waals surface area contributed by atoms with Crippen LogP contribution in [0.2, 0.25) is 0 Å². The van der Waals surface area contributed by atoms with E-state index in [9.17, 15) is 0 Å². The largest absolute Gasteiger partial charge is 0.369 e. The molecule has 1 N–H and O–H groups in total. The van der Waals surface area contributed by atoms with Crippen LogP contribution in [0.15, 0.2) is 36.4 Å². The summed E-state index contributed by atoms with van der Waals surface area (Å²) in [6, 6.07) is 12.3. The molecule has 0 spiro atoms. The van der Waals surface area contributed by atoms with Gasteiger partial charge < -0.3 is 5.32 Å². The summed E-state index contributed by atoms with van der Waals surface area (Å²) in [6.45, 7) is 7.46. The van der Waals surface area contributed by atoms with Crippen molar-refractivity contribution in [2.45, 2.75) is 27.2 Å². The van der Waals surface area contributed by atoms with E-state index in [1.54, 1.807) is 0 Å². The Hall–Kier alpha value is -1.90. The van der Waals surface area contributed by atoms with Crippen molar-refractivity contribution in [1.82, 2.24) is 10.2 Å². The van der Waals surface area contributed by atoms with Crippen LogP contribution in [0.25, 0.3) is 11.3 Å². The van der Waals surface area contributed by atoms with E-state index in [0.717, 1.165) is 30.0 Å². The molecule has 0 aliphatic heterocycles. The highest BCUT2D eigenvalue weighted by Crippen LogP contribution is 2.18. The molecule has 0 radical (unpaired) electrons. The highest BCUT2D eigenvalue weighted by Gasteiger charge is 2.01. The number of anilines is 1. The molecular formula is C16H21N3. The van der Waals surface area contributed by atoms with Crippen molar-refractivity contribution in [2.24, 2.45) is 5.92 Å². The lowest BCUT2D eigenvalue weighted by Crippen LogP contribution is -2.06. The predicted molar refractivity (Wildman–Crippen MR) is 80.1 cm³/mol. The topological polar surface area (TPSA) is 37.8 Å². The van der Waals surface area contributed by atoms with Crippen LogP contribution in [0.5, 0.6) is 0 Å². The third kappa shape index (κ3) is 4.05. The van der Waals surface area contributed by atoms with Crippen LogP contribution in [0.3, 0.4) is 0 Å². The molecule has 0 unspecified atom stereocenters. The molecule has 0 amide bonds. The number of benzene rings is 1. The maximum absolute atomic E-state index is 4.28. The second-order valence-electron chi connectivity index (χ2n) is 5.28. The van der Waals surface area contributed by atoms with Gasteiger partial charge in [-0.15, -0.1) is 10.2 Å². The van der Waals surface area contributed by atoms with E-state index in [2.05, 4.69) is 54.5 Å². The van der Waals surface area contributed by atoms with E-state index in [-0.39, 0.29) is 0 Å². The van der Waals surface area contributed by atoms with Gasteiger partial charge in [0.1, 0.15) is 5.82 Å². The van der Waals surface area contributed by atoms with Gasteiger partial charge in [-0.2, -0.15) is 0 Å². The molecule has 0 atom stereocenters. The molecular weight excluding hydrogens is 234 g/mol. The number of hydrogen-bond donors (Lipinski definition) is 1. The molecule has 0 aliphatic rings. The van der Waals surface area contributed by atoms with E-state index in [1.165, 1.54) is 5.56 Å². The molecule has 0 bridgehead atoms. The van der Waals surface area contributed by atoms with E-state index in [1.807, 2.05) is 18.2 Å². The molecule has 3 heteroatoms. The summed E-state index contributed by atoms with van der Waals surface area (Å²) in [5.41, 5.74) is 3.26. The van der Waals surface area contributed by atoms with Crippen molar-refractivity contribution >= 4 is 5.82 Å². The molecule has 0 saturated carbocycles. The normalized spacial score (nSPS) is 10.7. The van der Waals surface area contributed by atoms with Crippen molar-refractivity contribution < 1.29 is 0 Å². The average Bonchev–Trinajstić information content (AvgIpc) is 2.39. The number of rotatable bonds is 5. The Balaban J connectivity index is 2.02. The van der Waals surface area contributed by atoms with Crippen LogP contribution in [-0.2, 0) is 0 Å². The highest BCUT2D eigenvalue weighted by molar-refractivity contribution is 5.60. The fourth-order valence-corrected chi connectivity index (χ4v) is 1.87.